The molecule has 0 unspecified atom stereocenters. The zero-order chi connectivity index (χ0) is 18.0. The lowest BCUT2D eigenvalue weighted by Crippen LogP contribution is -2.56. The average Bonchev–Trinajstić information content (AvgIpc) is 2.85. The summed E-state index contributed by atoms with van der Waals surface area (Å²) in [6.07, 6.45) is 3.17. The summed E-state index contributed by atoms with van der Waals surface area (Å²) in [5.41, 5.74) is -0.554. The van der Waals surface area contributed by atoms with Crippen LogP contribution in [0.2, 0.25) is 0 Å². The monoisotopic (exact) mass is 344 g/mol. The number of imide groups is 1. The predicted molar refractivity (Wildman–Crippen MR) is 88.0 cm³/mol. The average molecular weight is 344 g/mol. The van der Waals surface area contributed by atoms with Crippen molar-refractivity contribution in [3.8, 4) is 0 Å². The van der Waals surface area contributed by atoms with Crippen molar-refractivity contribution in [3.63, 3.8) is 0 Å². The molecule has 1 aliphatic carbocycles. The van der Waals surface area contributed by atoms with E-state index in [0.717, 1.165) is 24.2 Å². The van der Waals surface area contributed by atoms with Crippen LogP contribution in [0.25, 0.3) is 0 Å². The molecule has 25 heavy (non-hydrogen) atoms. The van der Waals surface area contributed by atoms with Gasteiger partial charge in [0.15, 0.2) is 0 Å². The van der Waals surface area contributed by atoms with Gasteiger partial charge in [-0.05, 0) is 25.0 Å². The Kier molecular flexibility index (Phi) is 4.57. The molecule has 1 saturated carbocycles. The largest absolute Gasteiger partial charge is 0.480 e. The number of carboxylic acids is 1. The van der Waals surface area contributed by atoms with Crippen LogP contribution < -0.4 is 5.32 Å². The second-order valence-electron chi connectivity index (χ2n) is 6.55. The van der Waals surface area contributed by atoms with E-state index in [0.29, 0.717) is 24.0 Å². The van der Waals surface area contributed by atoms with E-state index in [9.17, 15) is 24.3 Å². The van der Waals surface area contributed by atoms with E-state index in [1.807, 2.05) is 0 Å². The fourth-order valence-corrected chi connectivity index (χ4v) is 3.53. The first-order valence-electron chi connectivity index (χ1n) is 8.44. The van der Waals surface area contributed by atoms with E-state index in [2.05, 4.69) is 5.32 Å². The maximum absolute atomic E-state index is 12.3. The Hall–Kier alpha value is -2.70. The summed E-state index contributed by atoms with van der Waals surface area (Å²) in [4.78, 5) is 49.4. The van der Waals surface area contributed by atoms with Crippen molar-refractivity contribution >= 4 is 23.7 Å². The highest BCUT2D eigenvalue weighted by molar-refractivity contribution is 6.21. The molecule has 1 fully saturated rings. The molecule has 1 heterocycles. The van der Waals surface area contributed by atoms with Crippen molar-refractivity contribution in [2.45, 2.75) is 44.1 Å². The number of aliphatic carboxylic acids is 1. The normalized spacial score (nSPS) is 18.8. The smallest absolute Gasteiger partial charge is 0.329 e. The van der Waals surface area contributed by atoms with Crippen LogP contribution in [0.15, 0.2) is 24.3 Å². The molecule has 0 spiro atoms. The number of hydrogen-bond acceptors (Lipinski definition) is 4. The summed E-state index contributed by atoms with van der Waals surface area (Å²) in [5.74, 6) is -2.32. The van der Waals surface area contributed by atoms with Crippen LogP contribution in [-0.4, -0.2) is 45.8 Å². The summed E-state index contributed by atoms with van der Waals surface area (Å²) in [5, 5.41) is 12.1. The van der Waals surface area contributed by atoms with E-state index in [-0.39, 0.29) is 13.0 Å². The number of nitrogens with zero attached hydrogens (tertiary/aromatic N) is 1. The maximum atomic E-state index is 12.3. The molecule has 2 aliphatic rings. The van der Waals surface area contributed by atoms with Gasteiger partial charge in [0.1, 0.15) is 5.54 Å². The Balaban J connectivity index is 1.62. The summed E-state index contributed by atoms with van der Waals surface area (Å²) in [7, 11) is 0. The van der Waals surface area contributed by atoms with Crippen molar-refractivity contribution in [2.75, 3.05) is 6.54 Å². The molecule has 7 nitrogen and oxygen atoms in total. The Morgan fingerprint density at radius 1 is 1.04 bits per heavy atom. The lowest BCUT2D eigenvalue weighted by molar-refractivity contribution is -0.149. The SMILES string of the molecule is O=C(CCN1C(=O)c2ccccc2C1=O)NC1(C(=O)O)CCCCC1. The number of rotatable bonds is 5. The van der Waals surface area contributed by atoms with E-state index in [1.165, 1.54) is 0 Å². The molecular formula is C18H20N2O5. The van der Waals surface area contributed by atoms with E-state index < -0.39 is 29.2 Å². The van der Waals surface area contributed by atoms with Gasteiger partial charge in [-0.2, -0.15) is 0 Å². The third kappa shape index (κ3) is 3.14. The third-order valence-corrected chi connectivity index (χ3v) is 4.94. The van der Waals surface area contributed by atoms with Crippen LogP contribution in [0.5, 0.6) is 0 Å². The van der Waals surface area contributed by atoms with Gasteiger partial charge in [0, 0.05) is 13.0 Å². The zero-order valence-corrected chi connectivity index (χ0v) is 13.8. The predicted octanol–water partition coefficient (Wildman–Crippen LogP) is 1.58. The van der Waals surface area contributed by atoms with E-state index in [1.54, 1.807) is 24.3 Å². The fourth-order valence-electron chi connectivity index (χ4n) is 3.53. The number of carboxylic acid groups (broad SMARTS) is 1. The Labute approximate surface area is 145 Å². The Morgan fingerprint density at radius 3 is 2.12 bits per heavy atom. The first kappa shape index (κ1) is 17.1. The van der Waals surface area contributed by atoms with Crippen molar-refractivity contribution in [1.29, 1.82) is 0 Å². The minimum absolute atomic E-state index is 0.0616. The minimum atomic E-state index is -1.22. The fraction of sp³-hybridized carbons (Fsp3) is 0.444. The molecular weight excluding hydrogens is 324 g/mol. The third-order valence-electron chi connectivity index (χ3n) is 4.94. The number of nitrogens with one attached hydrogen (secondary N) is 1. The highest BCUT2D eigenvalue weighted by Gasteiger charge is 2.41. The number of hydrogen-bond donors (Lipinski definition) is 2. The Bertz CT molecular complexity index is 702. The summed E-state index contributed by atoms with van der Waals surface area (Å²) >= 11 is 0. The lowest BCUT2D eigenvalue weighted by atomic mass is 9.81. The van der Waals surface area contributed by atoms with Crippen LogP contribution in [0.3, 0.4) is 0 Å². The molecule has 2 N–H and O–H groups in total. The van der Waals surface area contributed by atoms with Gasteiger partial charge in [-0.1, -0.05) is 31.4 Å². The van der Waals surface area contributed by atoms with Crippen LogP contribution in [0.4, 0.5) is 0 Å². The van der Waals surface area contributed by atoms with Gasteiger partial charge in [0.2, 0.25) is 5.91 Å². The van der Waals surface area contributed by atoms with Crippen LogP contribution >= 0.6 is 0 Å². The summed E-state index contributed by atoms with van der Waals surface area (Å²) < 4.78 is 0. The molecule has 0 aromatic heterocycles. The van der Waals surface area contributed by atoms with Gasteiger partial charge in [-0.25, -0.2) is 4.79 Å². The zero-order valence-electron chi connectivity index (χ0n) is 13.8. The molecule has 0 saturated heterocycles. The van der Waals surface area contributed by atoms with Crippen molar-refractivity contribution in [3.05, 3.63) is 35.4 Å². The molecule has 3 rings (SSSR count). The second kappa shape index (κ2) is 6.66. The van der Waals surface area contributed by atoms with Gasteiger partial charge in [0.05, 0.1) is 11.1 Å². The molecule has 3 amide bonds. The Morgan fingerprint density at radius 2 is 1.60 bits per heavy atom. The molecule has 132 valence electrons. The minimum Gasteiger partial charge on any atom is -0.480 e. The summed E-state index contributed by atoms with van der Waals surface area (Å²) in [6, 6.07) is 6.52. The topological polar surface area (TPSA) is 104 Å². The van der Waals surface area contributed by atoms with Crippen molar-refractivity contribution < 1.29 is 24.3 Å². The molecule has 1 aromatic carbocycles. The van der Waals surface area contributed by atoms with Gasteiger partial charge in [0.25, 0.3) is 11.8 Å². The number of carbonyl (C=O) groups is 4. The second-order valence-corrected chi connectivity index (χ2v) is 6.55. The van der Waals surface area contributed by atoms with Gasteiger partial charge in [-0.15, -0.1) is 0 Å². The van der Waals surface area contributed by atoms with E-state index in [4.69, 9.17) is 0 Å². The van der Waals surface area contributed by atoms with Crippen molar-refractivity contribution in [2.24, 2.45) is 0 Å². The summed E-state index contributed by atoms with van der Waals surface area (Å²) in [6.45, 7) is -0.0616. The quantitative estimate of drug-likeness (QED) is 0.789. The van der Waals surface area contributed by atoms with E-state index >= 15 is 0 Å². The molecule has 0 atom stereocenters. The first-order chi connectivity index (χ1) is 11.9. The van der Waals surface area contributed by atoms with Crippen LogP contribution in [-0.2, 0) is 9.59 Å². The number of benzene rings is 1. The molecule has 1 aromatic rings. The van der Waals surface area contributed by atoms with Crippen LogP contribution in [0, 0.1) is 0 Å². The van der Waals surface area contributed by atoms with Gasteiger partial charge in [-0.3, -0.25) is 19.3 Å². The highest BCUT2D eigenvalue weighted by atomic mass is 16.4. The number of amides is 3. The standard InChI is InChI=1S/C18H20N2O5/c21-14(19-18(17(24)25)9-4-1-5-10-18)8-11-20-15(22)12-6-2-3-7-13(12)16(20)23/h2-3,6-7H,1,4-5,8-11H2,(H,19,21)(H,24,25). The lowest BCUT2D eigenvalue weighted by Gasteiger charge is -2.34. The van der Waals surface area contributed by atoms with Gasteiger partial charge < -0.3 is 10.4 Å². The van der Waals surface area contributed by atoms with Gasteiger partial charge >= 0.3 is 5.97 Å². The molecule has 1 aliphatic heterocycles. The molecule has 0 radical (unpaired) electrons. The highest BCUT2D eigenvalue weighted by Crippen LogP contribution is 2.29. The maximum Gasteiger partial charge on any atom is 0.329 e. The number of fused-ring (bicyclic) bond motifs is 1. The first-order valence-corrected chi connectivity index (χ1v) is 8.44. The molecule has 7 heteroatoms. The van der Waals surface area contributed by atoms with Crippen molar-refractivity contribution in [1.82, 2.24) is 10.2 Å². The van der Waals surface area contributed by atoms with Crippen LogP contribution in [0.1, 0.15) is 59.2 Å². The number of carbonyl (C=O) groups excluding carboxylic acids is 3. The molecule has 0 bridgehead atoms.